The largest absolute Gasteiger partial charge is 0.629 e. The Morgan fingerprint density at radius 1 is 1.58 bits per heavy atom. The van der Waals surface area contributed by atoms with Gasteiger partial charge in [0.1, 0.15) is 6.29 Å². The maximum Gasteiger partial charge on any atom is 0.177 e. The first-order chi connectivity index (χ1) is 5.65. The molecule has 0 aromatic heterocycles. The molecule has 0 bridgehead atoms. The van der Waals surface area contributed by atoms with E-state index < -0.39 is 0 Å². The minimum atomic E-state index is -0.254. The van der Waals surface area contributed by atoms with Crippen molar-refractivity contribution in [1.29, 1.82) is 0 Å². The van der Waals surface area contributed by atoms with Crippen LogP contribution in [-0.4, -0.2) is 18.4 Å². The van der Waals surface area contributed by atoms with Crippen LogP contribution in [-0.2, 0) is 0 Å². The van der Waals surface area contributed by atoms with Crippen LogP contribution in [0.3, 0.4) is 0 Å². The lowest BCUT2D eigenvalue weighted by atomic mass is 10.2. The number of aromatic hydroxyl groups is 1. The van der Waals surface area contributed by atoms with E-state index in [0.29, 0.717) is 11.8 Å². The number of hydrogen-bond acceptors (Lipinski definition) is 3. The predicted octanol–water partition coefficient (Wildman–Crippen LogP) is -0.151. The number of phenolic OH excluding ortho intramolecular Hbond substituents is 1. The highest BCUT2D eigenvalue weighted by atomic mass is 16.5. The van der Waals surface area contributed by atoms with Gasteiger partial charge in [-0.15, -0.1) is 0 Å². The van der Waals surface area contributed by atoms with Crippen LogP contribution in [0.5, 0.6) is 5.75 Å². The highest BCUT2D eigenvalue weighted by Gasteiger charge is 2.05. The lowest BCUT2D eigenvalue weighted by molar-refractivity contribution is -0.751. The maximum atomic E-state index is 10.9. The molecular weight excluding hydrogens is 158 g/mol. The first kappa shape index (κ1) is 8.70. The fraction of sp³-hybridized carbons (Fsp3) is 0.125. The van der Waals surface area contributed by atoms with Crippen LogP contribution < -0.4 is 5.06 Å². The summed E-state index contributed by atoms with van der Waals surface area (Å²) in [6.07, 6.45) is 0.631. The lowest BCUT2D eigenvalue weighted by Gasteiger charge is -2.16. The Kier molecular flexibility index (Phi) is 2.42. The van der Waals surface area contributed by atoms with Gasteiger partial charge in [0.2, 0.25) is 0 Å². The van der Waals surface area contributed by atoms with Gasteiger partial charge in [-0.2, -0.15) is 0 Å². The highest BCUT2D eigenvalue weighted by Crippen LogP contribution is 2.18. The smallest absolute Gasteiger partial charge is 0.177 e. The third kappa shape index (κ3) is 1.61. The molecule has 0 saturated carbocycles. The summed E-state index contributed by atoms with van der Waals surface area (Å²) in [5, 5.41) is 19.8. The molecule has 0 amide bonds. The van der Waals surface area contributed by atoms with Gasteiger partial charge in [0, 0.05) is 11.6 Å². The van der Waals surface area contributed by atoms with Crippen LogP contribution in [0.1, 0.15) is 10.4 Å². The van der Waals surface area contributed by atoms with Gasteiger partial charge >= 0.3 is 0 Å². The van der Waals surface area contributed by atoms with Crippen molar-refractivity contribution in [2.24, 2.45) is 0 Å². The van der Waals surface area contributed by atoms with Gasteiger partial charge in [-0.25, -0.2) is 0 Å². The number of carbonyl (C=O) groups is 1. The van der Waals surface area contributed by atoms with Gasteiger partial charge < -0.3 is 15.4 Å². The normalized spacial score (nSPS) is 12.5. The molecule has 1 rings (SSSR count). The van der Waals surface area contributed by atoms with Crippen molar-refractivity contribution < 1.29 is 15.0 Å². The van der Waals surface area contributed by atoms with Gasteiger partial charge in [0.15, 0.2) is 11.4 Å². The Labute approximate surface area is 69.6 Å². The fourth-order valence-electron chi connectivity index (χ4n) is 0.909. The van der Waals surface area contributed by atoms with E-state index in [4.69, 9.17) is 5.11 Å². The quantitative estimate of drug-likeness (QED) is 0.365. The Morgan fingerprint density at radius 2 is 2.25 bits per heavy atom. The SMILES string of the molecule is C[NH+]([O-])c1cc(C=O)ccc1O. The summed E-state index contributed by atoms with van der Waals surface area (Å²) < 4.78 is 0. The molecule has 0 fully saturated rings. The molecule has 0 aliphatic rings. The summed E-state index contributed by atoms with van der Waals surface area (Å²) in [4.78, 5) is 10.3. The third-order valence-electron chi connectivity index (χ3n) is 1.54. The van der Waals surface area contributed by atoms with Crippen molar-refractivity contribution in [3.8, 4) is 5.75 Å². The summed E-state index contributed by atoms with van der Waals surface area (Å²) in [5.74, 6) is -0.0897. The summed E-state index contributed by atoms with van der Waals surface area (Å²) in [5.41, 5.74) is 0.567. The average Bonchev–Trinajstić information content (AvgIpc) is 2.05. The number of nitrogens with one attached hydrogen (secondary N) is 1. The highest BCUT2D eigenvalue weighted by molar-refractivity contribution is 5.77. The summed E-state index contributed by atoms with van der Waals surface area (Å²) in [6, 6.07) is 4.15. The lowest BCUT2D eigenvalue weighted by Crippen LogP contribution is -2.98. The second-order valence-corrected chi connectivity index (χ2v) is 2.45. The fourth-order valence-corrected chi connectivity index (χ4v) is 0.909. The van der Waals surface area contributed by atoms with Crippen molar-refractivity contribution >= 4 is 12.0 Å². The van der Waals surface area contributed by atoms with E-state index in [0.717, 1.165) is 0 Å². The molecule has 4 heteroatoms. The number of benzene rings is 1. The number of phenols is 1. The van der Waals surface area contributed by atoms with Crippen LogP contribution in [0, 0.1) is 5.21 Å². The summed E-state index contributed by atoms with van der Waals surface area (Å²) in [6.45, 7) is 0. The van der Waals surface area contributed by atoms with Crippen LogP contribution in [0.15, 0.2) is 18.2 Å². The molecule has 0 radical (unpaired) electrons. The molecule has 4 nitrogen and oxygen atoms in total. The zero-order valence-electron chi connectivity index (χ0n) is 6.57. The van der Waals surface area contributed by atoms with Gasteiger partial charge in [-0.3, -0.25) is 4.79 Å². The van der Waals surface area contributed by atoms with E-state index in [9.17, 15) is 10.0 Å². The van der Waals surface area contributed by atoms with Gasteiger partial charge in [0.25, 0.3) is 0 Å². The molecule has 0 spiro atoms. The van der Waals surface area contributed by atoms with E-state index in [1.54, 1.807) is 0 Å². The Balaban J connectivity index is 3.16. The Bertz CT molecular complexity index is 296. The number of aldehydes is 1. The second-order valence-electron chi connectivity index (χ2n) is 2.45. The third-order valence-corrected chi connectivity index (χ3v) is 1.54. The van der Waals surface area contributed by atoms with Crippen LogP contribution in [0.4, 0.5) is 5.69 Å². The van der Waals surface area contributed by atoms with E-state index in [-0.39, 0.29) is 16.5 Å². The van der Waals surface area contributed by atoms with Crippen LogP contribution >= 0.6 is 0 Å². The van der Waals surface area contributed by atoms with E-state index in [1.807, 2.05) is 0 Å². The molecule has 2 N–H and O–H groups in total. The monoisotopic (exact) mass is 167 g/mol. The molecule has 0 saturated heterocycles. The molecule has 1 aromatic carbocycles. The Morgan fingerprint density at radius 3 is 2.75 bits per heavy atom. The van der Waals surface area contributed by atoms with Gasteiger partial charge in [-0.1, -0.05) is 0 Å². The minimum absolute atomic E-state index is 0.0897. The van der Waals surface area contributed by atoms with E-state index in [1.165, 1.54) is 25.2 Å². The molecule has 64 valence electrons. The molecule has 0 heterocycles. The Hall–Kier alpha value is -1.39. The molecule has 1 aromatic rings. The topological polar surface area (TPSA) is 64.8 Å². The van der Waals surface area contributed by atoms with Crippen LogP contribution in [0.2, 0.25) is 0 Å². The van der Waals surface area contributed by atoms with Crippen molar-refractivity contribution in [3.63, 3.8) is 0 Å². The molecular formula is C8H9NO3. The molecule has 0 aliphatic carbocycles. The summed E-state index contributed by atoms with van der Waals surface area (Å²) in [7, 11) is 1.34. The predicted molar refractivity (Wildman–Crippen MR) is 43.4 cm³/mol. The van der Waals surface area contributed by atoms with Crippen LogP contribution in [0.25, 0.3) is 0 Å². The van der Waals surface area contributed by atoms with Crippen molar-refractivity contribution in [1.82, 2.24) is 0 Å². The first-order valence-electron chi connectivity index (χ1n) is 3.44. The van der Waals surface area contributed by atoms with Gasteiger partial charge in [0.05, 0.1) is 7.05 Å². The first-order valence-corrected chi connectivity index (χ1v) is 3.44. The number of hydrogen-bond donors (Lipinski definition) is 2. The van der Waals surface area contributed by atoms with Crippen molar-refractivity contribution in [2.75, 3.05) is 7.05 Å². The number of hydroxylamine groups is 1. The summed E-state index contributed by atoms with van der Waals surface area (Å²) >= 11 is 0. The molecule has 12 heavy (non-hydrogen) atoms. The van der Waals surface area contributed by atoms with E-state index in [2.05, 4.69) is 0 Å². The van der Waals surface area contributed by atoms with Gasteiger partial charge in [-0.05, 0) is 12.1 Å². The number of carbonyl (C=O) groups excluding carboxylic acids is 1. The maximum absolute atomic E-state index is 10.9. The van der Waals surface area contributed by atoms with Crippen molar-refractivity contribution in [2.45, 2.75) is 0 Å². The van der Waals surface area contributed by atoms with E-state index >= 15 is 0 Å². The molecule has 1 unspecified atom stereocenters. The molecule has 0 aliphatic heterocycles. The standard InChI is InChI=1S/C8H9NO3/c1-9(12)7-4-6(5-10)2-3-8(7)11/h2-5,9,11H,1H3. The zero-order chi connectivity index (χ0) is 9.14. The molecule has 1 atom stereocenters. The van der Waals surface area contributed by atoms with Crippen molar-refractivity contribution in [3.05, 3.63) is 29.0 Å². The second kappa shape index (κ2) is 3.34. The number of rotatable bonds is 2. The minimum Gasteiger partial charge on any atom is -0.629 e. The zero-order valence-corrected chi connectivity index (χ0v) is 6.57. The number of quaternary nitrogens is 1. The average molecular weight is 167 g/mol.